The van der Waals surface area contributed by atoms with Crippen LogP contribution in [0.15, 0.2) is 33.7 Å². The van der Waals surface area contributed by atoms with Crippen LogP contribution in [0.5, 0.6) is 0 Å². The number of benzene rings is 1. The van der Waals surface area contributed by atoms with Gasteiger partial charge in [0.2, 0.25) is 5.89 Å². The molecule has 7 heteroatoms. The second kappa shape index (κ2) is 6.71. The van der Waals surface area contributed by atoms with Gasteiger partial charge in [-0.2, -0.15) is 4.98 Å². The molecule has 2 rings (SSSR count). The summed E-state index contributed by atoms with van der Waals surface area (Å²) in [5.74, 6) is 1.38. The van der Waals surface area contributed by atoms with Crippen LogP contribution in [-0.4, -0.2) is 30.9 Å². The Balaban J connectivity index is 1.90. The molecular formula is C14H19N3O3S. The average Bonchev–Trinajstić information content (AvgIpc) is 2.85. The highest BCUT2D eigenvalue weighted by Gasteiger charge is 2.12. The minimum Gasteiger partial charge on any atom is -0.385 e. The molecule has 2 aromatic rings. The Kier molecular flexibility index (Phi) is 4.95. The molecule has 0 unspecified atom stereocenters. The first-order valence-electron chi connectivity index (χ1n) is 6.87. The summed E-state index contributed by atoms with van der Waals surface area (Å²) in [6.07, 6.45) is 1.26. The summed E-state index contributed by atoms with van der Waals surface area (Å²) in [5, 5.41) is 7.00. The molecule has 0 fully saturated rings. The van der Waals surface area contributed by atoms with E-state index in [2.05, 4.69) is 15.5 Å². The number of nitrogens with one attached hydrogen (secondary N) is 1. The summed E-state index contributed by atoms with van der Waals surface area (Å²) >= 11 is 0. The van der Waals surface area contributed by atoms with Gasteiger partial charge in [0.1, 0.15) is 0 Å². The molecule has 0 aliphatic rings. The van der Waals surface area contributed by atoms with Crippen molar-refractivity contribution in [2.75, 3.05) is 17.6 Å². The van der Waals surface area contributed by atoms with Gasteiger partial charge in [0.25, 0.3) is 0 Å². The van der Waals surface area contributed by atoms with Crippen molar-refractivity contribution in [3.63, 3.8) is 0 Å². The Morgan fingerprint density at radius 1 is 1.24 bits per heavy atom. The van der Waals surface area contributed by atoms with Crippen molar-refractivity contribution in [2.24, 2.45) is 0 Å². The third-order valence-electron chi connectivity index (χ3n) is 2.93. The van der Waals surface area contributed by atoms with E-state index in [-0.39, 0.29) is 5.75 Å². The van der Waals surface area contributed by atoms with Gasteiger partial charge in [-0.05, 0) is 30.7 Å². The fourth-order valence-electron chi connectivity index (χ4n) is 1.93. The van der Waals surface area contributed by atoms with E-state index in [4.69, 9.17) is 4.52 Å². The maximum atomic E-state index is 11.9. The third-order valence-corrected chi connectivity index (χ3v) is 4.87. The molecule has 114 valence electrons. The summed E-state index contributed by atoms with van der Waals surface area (Å²) < 4.78 is 28.7. The van der Waals surface area contributed by atoms with Crippen molar-refractivity contribution >= 4 is 15.5 Å². The zero-order valence-corrected chi connectivity index (χ0v) is 13.0. The van der Waals surface area contributed by atoms with Crippen molar-refractivity contribution in [3.05, 3.63) is 36.0 Å². The van der Waals surface area contributed by atoms with E-state index >= 15 is 0 Å². The predicted octanol–water partition coefficient (Wildman–Crippen LogP) is 2.22. The van der Waals surface area contributed by atoms with Gasteiger partial charge in [0.15, 0.2) is 15.7 Å². The number of sulfone groups is 1. The zero-order valence-electron chi connectivity index (χ0n) is 12.2. The number of aromatic nitrogens is 2. The maximum Gasteiger partial charge on any atom is 0.223 e. The lowest BCUT2D eigenvalue weighted by Gasteiger charge is -2.07. The SMILES string of the molecule is CCCS(=O)(=O)c1ccc(NCCc2noc(C)n2)cc1. The molecule has 0 aliphatic carbocycles. The van der Waals surface area contributed by atoms with E-state index in [0.717, 1.165) is 5.69 Å². The Hall–Kier alpha value is -1.89. The van der Waals surface area contributed by atoms with Crippen molar-refractivity contribution < 1.29 is 12.9 Å². The van der Waals surface area contributed by atoms with E-state index in [1.807, 2.05) is 6.92 Å². The standard InChI is InChI=1S/C14H19N3O3S/c1-3-10-21(18,19)13-6-4-12(5-7-13)15-9-8-14-16-11(2)20-17-14/h4-7,15H,3,8-10H2,1-2H3. The molecule has 21 heavy (non-hydrogen) atoms. The van der Waals surface area contributed by atoms with Gasteiger partial charge >= 0.3 is 0 Å². The number of rotatable bonds is 7. The highest BCUT2D eigenvalue weighted by molar-refractivity contribution is 7.91. The van der Waals surface area contributed by atoms with Crippen LogP contribution in [0.2, 0.25) is 0 Å². The second-order valence-electron chi connectivity index (χ2n) is 4.75. The first kappa shape index (κ1) is 15.5. The fraction of sp³-hybridized carbons (Fsp3) is 0.429. The van der Waals surface area contributed by atoms with E-state index in [0.29, 0.717) is 36.0 Å². The van der Waals surface area contributed by atoms with Gasteiger partial charge in [-0.3, -0.25) is 0 Å². The molecule has 0 aliphatic heterocycles. The predicted molar refractivity (Wildman–Crippen MR) is 80.0 cm³/mol. The summed E-state index contributed by atoms with van der Waals surface area (Å²) in [6.45, 7) is 4.26. The van der Waals surface area contributed by atoms with E-state index in [1.54, 1.807) is 31.2 Å². The number of hydrogen-bond acceptors (Lipinski definition) is 6. The molecule has 0 radical (unpaired) electrons. The molecular weight excluding hydrogens is 290 g/mol. The zero-order chi connectivity index (χ0) is 15.3. The molecule has 0 amide bonds. The van der Waals surface area contributed by atoms with E-state index in [1.165, 1.54) is 0 Å². The Morgan fingerprint density at radius 3 is 2.52 bits per heavy atom. The first-order valence-corrected chi connectivity index (χ1v) is 8.52. The van der Waals surface area contributed by atoms with Gasteiger partial charge in [-0.15, -0.1) is 0 Å². The normalized spacial score (nSPS) is 11.5. The summed E-state index contributed by atoms with van der Waals surface area (Å²) in [4.78, 5) is 4.48. The first-order chi connectivity index (χ1) is 10.0. The van der Waals surface area contributed by atoms with E-state index in [9.17, 15) is 8.42 Å². The lowest BCUT2D eigenvalue weighted by Crippen LogP contribution is -2.08. The molecule has 0 saturated heterocycles. The van der Waals surface area contributed by atoms with Crippen LogP contribution in [0.1, 0.15) is 25.1 Å². The minimum atomic E-state index is -3.15. The van der Waals surface area contributed by atoms with Crippen LogP contribution in [0.25, 0.3) is 0 Å². The molecule has 1 heterocycles. The van der Waals surface area contributed by atoms with Gasteiger partial charge < -0.3 is 9.84 Å². The minimum absolute atomic E-state index is 0.178. The molecule has 1 aromatic heterocycles. The average molecular weight is 309 g/mol. The molecule has 0 atom stereocenters. The second-order valence-corrected chi connectivity index (χ2v) is 6.86. The van der Waals surface area contributed by atoms with Crippen molar-refractivity contribution in [2.45, 2.75) is 31.6 Å². The lowest BCUT2D eigenvalue weighted by molar-refractivity contribution is 0.387. The third kappa shape index (κ3) is 4.29. The van der Waals surface area contributed by atoms with Gasteiger partial charge in [-0.25, -0.2) is 8.42 Å². The Bertz CT molecular complexity index is 678. The Morgan fingerprint density at radius 2 is 1.95 bits per heavy atom. The van der Waals surface area contributed by atoms with Crippen LogP contribution < -0.4 is 5.32 Å². The largest absolute Gasteiger partial charge is 0.385 e. The number of anilines is 1. The van der Waals surface area contributed by atoms with Gasteiger partial charge in [-0.1, -0.05) is 12.1 Å². The molecule has 0 bridgehead atoms. The number of hydrogen-bond donors (Lipinski definition) is 1. The monoisotopic (exact) mass is 309 g/mol. The van der Waals surface area contributed by atoms with Crippen molar-refractivity contribution in [3.8, 4) is 0 Å². The van der Waals surface area contributed by atoms with Crippen LogP contribution in [0.4, 0.5) is 5.69 Å². The number of aryl methyl sites for hydroxylation is 1. The van der Waals surface area contributed by atoms with Crippen LogP contribution in [0, 0.1) is 6.92 Å². The van der Waals surface area contributed by atoms with Gasteiger partial charge in [0, 0.05) is 25.6 Å². The highest BCUT2D eigenvalue weighted by Crippen LogP contribution is 2.16. The summed E-state index contributed by atoms with van der Waals surface area (Å²) in [5.41, 5.74) is 0.866. The van der Waals surface area contributed by atoms with Crippen LogP contribution >= 0.6 is 0 Å². The molecule has 1 aromatic carbocycles. The van der Waals surface area contributed by atoms with Crippen LogP contribution in [0.3, 0.4) is 0 Å². The summed E-state index contributed by atoms with van der Waals surface area (Å²) in [6, 6.07) is 6.80. The van der Waals surface area contributed by atoms with Gasteiger partial charge in [0.05, 0.1) is 10.6 Å². The fourth-order valence-corrected chi connectivity index (χ4v) is 3.25. The Labute approximate surface area is 124 Å². The van der Waals surface area contributed by atoms with E-state index < -0.39 is 9.84 Å². The molecule has 6 nitrogen and oxygen atoms in total. The smallest absolute Gasteiger partial charge is 0.223 e. The van der Waals surface area contributed by atoms with Crippen molar-refractivity contribution in [1.82, 2.24) is 10.1 Å². The molecule has 0 spiro atoms. The maximum absolute atomic E-state index is 11.9. The van der Waals surface area contributed by atoms with Crippen LogP contribution in [-0.2, 0) is 16.3 Å². The molecule has 0 saturated carbocycles. The topological polar surface area (TPSA) is 85.1 Å². The number of nitrogens with zero attached hydrogens (tertiary/aromatic N) is 2. The molecule has 1 N–H and O–H groups in total. The lowest BCUT2D eigenvalue weighted by atomic mass is 10.3. The summed E-state index contributed by atoms with van der Waals surface area (Å²) in [7, 11) is -3.15. The highest BCUT2D eigenvalue weighted by atomic mass is 32.2. The van der Waals surface area contributed by atoms with Crippen molar-refractivity contribution in [1.29, 1.82) is 0 Å². The quantitative estimate of drug-likeness (QED) is 0.844.